The molecule has 1 saturated heterocycles. The minimum Gasteiger partial charge on any atom is -0.355 e. The fourth-order valence-electron chi connectivity index (χ4n) is 2.39. The minimum atomic E-state index is -0.487. The lowest BCUT2D eigenvalue weighted by molar-refractivity contribution is -0.126. The molecule has 1 atom stereocenters. The fourth-order valence-corrected chi connectivity index (χ4v) is 2.39. The van der Waals surface area contributed by atoms with E-state index in [4.69, 9.17) is 0 Å². The molecule has 0 saturated carbocycles. The van der Waals surface area contributed by atoms with E-state index in [0.29, 0.717) is 43.1 Å². The molecule has 21 heavy (non-hydrogen) atoms. The summed E-state index contributed by atoms with van der Waals surface area (Å²) in [7, 11) is 0. The normalized spacial score (nSPS) is 18.4. The molecule has 1 aliphatic rings. The molecule has 2 N–H and O–H groups in total. The van der Waals surface area contributed by atoms with Gasteiger partial charge in [-0.05, 0) is 26.8 Å². The molecule has 2 heterocycles. The average molecular weight is 291 g/mol. The number of hydrogen-bond donors (Lipinski definition) is 2. The summed E-state index contributed by atoms with van der Waals surface area (Å²) in [6.07, 6.45) is 0. The van der Waals surface area contributed by atoms with Gasteiger partial charge in [-0.1, -0.05) is 0 Å². The van der Waals surface area contributed by atoms with Gasteiger partial charge in [0.05, 0.1) is 17.0 Å². The highest BCUT2D eigenvalue weighted by molar-refractivity contribution is 5.98. The maximum atomic E-state index is 12.7. The Hall–Kier alpha value is -2.02. The smallest absolute Gasteiger partial charge is 0.256 e. The van der Waals surface area contributed by atoms with Gasteiger partial charge in [0.2, 0.25) is 5.91 Å². The van der Waals surface area contributed by atoms with E-state index in [0.717, 1.165) is 0 Å². The Kier molecular flexibility index (Phi) is 4.85. The second-order valence-electron chi connectivity index (χ2n) is 5.10. The van der Waals surface area contributed by atoms with Crippen molar-refractivity contribution in [3.05, 3.63) is 23.0 Å². The van der Waals surface area contributed by atoms with Crippen molar-refractivity contribution in [3.8, 4) is 0 Å². The molecule has 0 aliphatic carbocycles. The molecule has 0 spiro atoms. The van der Waals surface area contributed by atoms with Crippen LogP contribution in [0.2, 0.25) is 0 Å². The number of carbonyl (C=O) groups is 2. The minimum absolute atomic E-state index is 0.130. The number of rotatable bonds is 3. The monoisotopic (exact) mass is 291 g/mol. The van der Waals surface area contributed by atoms with E-state index in [2.05, 4.69) is 20.8 Å². The van der Waals surface area contributed by atoms with Gasteiger partial charge in [0.15, 0.2) is 0 Å². The van der Waals surface area contributed by atoms with Gasteiger partial charge >= 0.3 is 0 Å². The molecule has 7 nitrogen and oxygen atoms in total. The zero-order valence-electron chi connectivity index (χ0n) is 12.6. The molecular formula is C14H21N5O2. The number of nitrogens with zero attached hydrogens (tertiary/aromatic N) is 3. The Bertz CT molecular complexity index is 546. The number of likely N-dealkylation sites (N-methyl/N-ethyl adjacent to an activating group) is 1. The van der Waals surface area contributed by atoms with E-state index in [-0.39, 0.29) is 11.8 Å². The lowest BCUT2D eigenvalue weighted by Crippen LogP contribution is -2.59. The lowest BCUT2D eigenvalue weighted by atomic mass is 10.1. The van der Waals surface area contributed by atoms with Gasteiger partial charge in [0.25, 0.3) is 5.91 Å². The molecule has 1 aliphatic heterocycles. The van der Waals surface area contributed by atoms with E-state index in [1.807, 2.05) is 6.92 Å². The van der Waals surface area contributed by atoms with Gasteiger partial charge in [-0.15, -0.1) is 0 Å². The third kappa shape index (κ3) is 3.36. The van der Waals surface area contributed by atoms with E-state index in [9.17, 15) is 9.59 Å². The third-order valence-electron chi connectivity index (χ3n) is 3.49. The second-order valence-corrected chi connectivity index (χ2v) is 5.10. The molecular weight excluding hydrogens is 270 g/mol. The van der Waals surface area contributed by atoms with Crippen LogP contribution in [0.5, 0.6) is 0 Å². The first-order chi connectivity index (χ1) is 10.0. The Morgan fingerprint density at radius 2 is 2.19 bits per heavy atom. The van der Waals surface area contributed by atoms with Gasteiger partial charge in [0.1, 0.15) is 6.04 Å². The van der Waals surface area contributed by atoms with Crippen molar-refractivity contribution in [1.29, 1.82) is 0 Å². The van der Waals surface area contributed by atoms with Crippen LogP contribution in [0.3, 0.4) is 0 Å². The van der Waals surface area contributed by atoms with Crippen molar-refractivity contribution in [1.82, 2.24) is 25.7 Å². The van der Waals surface area contributed by atoms with Crippen LogP contribution in [0.15, 0.2) is 6.07 Å². The van der Waals surface area contributed by atoms with Crippen LogP contribution in [-0.4, -0.2) is 59.1 Å². The van der Waals surface area contributed by atoms with Crippen LogP contribution in [0.25, 0.3) is 0 Å². The summed E-state index contributed by atoms with van der Waals surface area (Å²) in [4.78, 5) is 26.5. The Morgan fingerprint density at radius 1 is 1.43 bits per heavy atom. The molecule has 1 aromatic heterocycles. The first kappa shape index (κ1) is 15.4. The van der Waals surface area contributed by atoms with Gasteiger partial charge in [-0.3, -0.25) is 9.59 Å². The number of piperazine rings is 1. The maximum absolute atomic E-state index is 12.7. The van der Waals surface area contributed by atoms with Gasteiger partial charge in [-0.2, -0.15) is 10.2 Å². The molecule has 114 valence electrons. The van der Waals surface area contributed by atoms with Gasteiger partial charge in [-0.25, -0.2) is 0 Å². The quantitative estimate of drug-likeness (QED) is 0.794. The molecule has 7 heteroatoms. The van der Waals surface area contributed by atoms with E-state index < -0.39 is 6.04 Å². The highest BCUT2D eigenvalue weighted by atomic mass is 16.2. The number of hydrogen-bond acceptors (Lipinski definition) is 5. The summed E-state index contributed by atoms with van der Waals surface area (Å²) in [6.45, 7) is 7.60. The van der Waals surface area contributed by atoms with Crippen LogP contribution >= 0.6 is 0 Å². The van der Waals surface area contributed by atoms with Crippen LogP contribution in [-0.2, 0) is 4.79 Å². The molecule has 2 amide bonds. The van der Waals surface area contributed by atoms with Crippen LogP contribution in [0.4, 0.5) is 0 Å². The number of amides is 2. The Balaban J connectivity index is 2.26. The van der Waals surface area contributed by atoms with E-state index in [1.54, 1.807) is 24.8 Å². The summed E-state index contributed by atoms with van der Waals surface area (Å²) >= 11 is 0. The number of nitrogens with one attached hydrogen (secondary N) is 2. The van der Waals surface area contributed by atoms with Crippen molar-refractivity contribution < 1.29 is 9.59 Å². The molecule has 1 unspecified atom stereocenters. The molecule has 2 rings (SSSR count). The standard InChI is InChI=1S/C14H21N5O2/c1-4-16-13(20)12-8-15-5-6-19(12)14(21)11-7-9(2)17-18-10(11)3/h7,12,15H,4-6,8H2,1-3H3,(H,16,20). The maximum Gasteiger partial charge on any atom is 0.256 e. The average Bonchev–Trinajstić information content (AvgIpc) is 2.49. The molecule has 1 aromatic rings. The summed E-state index contributed by atoms with van der Waals surface area (Å²) in [6, 6.07) is 1.24. The highest BCUT2D eigenvalue weighted by Gasteiger charge is 2.33. The fraction of sp³-hybridized carbons (Fsp3) is 0.571. The molecule has 0 bridgehead atoms. The predicted octanol–water partition coefficient (Wildman–Crippen LogP) is -0.356. The largest absolute Gasteiger partial charge is 0.355 e. The van der Waals surface area contributed by atoms with Crippen molar-refractivity contribution in [3.63, 3.8) is 0 Å². The molecule has 1 fully saturated rings. The van der Waals surface area contributed by atoms with Gasteiger partial charge < -0.3 is 15.5 Å². The van der Waals surface area contributed by atoms with E-state index >= 15 is 0 Å². The zero-order valence-corrected chi connectivity index (χ0v) is 12.6. The third-order valence-corrected chi connectivity index (χ3v) is 3.49. The number of carbonyl (C=O) groups excluding carboxylic acids is 2. The van der Waals surface area contributed by atoms with Crippen molar-refractivity contribution >= 4 is 11.8 Å². The summed E-state index contributed by atoms with van der Waals surface area (Å²) < 4.78 is 0. The first-order valence-electron chi connectivity index (χ1n) is 7.15. The van der Waals surface area contributed by atoms with Crippen molar-refractivity contribution in [2.45, 2.75) is 26.8 Å². The molecule has 0 radical (unpaired) electrons. The van der Waals surface area contributed by atoms with Crippen LogP contribution in [0, 0.1) is 13.8 Å². The second kappa shape index (κ2) is 6.62. The zero-order chi connectivity index (χ0) is 15.4. The van der Waals surface area contributed by atoms with Crippen molar-refractivity contribution in [2.75, 3.05) is 26.2 Å². The summed E-state index contributed by atoms with van der Waals surface area (Å²) in [5, 5.41) is 13.9. The van der Waals surface area contributed by atoms with Crippen LogP contribution < -0.4 is 10.6 Å². The summed E-state index contributed by atoms with van der Waals surface area (Å²) in [5.41, 5.74) is 1.78. The summed E-state index contributed by atoms with van der Waals surface area (Å²) in [5.74, 6) is -0.294. The van der Waals surface area contributed by atoms with Gasteiger partial charge in [0, 0.05) is 26.2 Å². The highest BCUT2D eigenvalue weighted by Crippen LogP contribution is 2.13. The Morgan fingerprint density at radius 3 is 2.90 bits per heavy atom. The topological polar surface area (TPSA) is 87.2 Å². The number of aryl methyl sites for hydroxylation is 2. The molecule has 0 aromatic carbocycles. The SMILES string of the molecule is CCNC(=O)C1CNCCN1C(=O)c1cc(C)nnc1C. The number of aromatic nitrogens is 2. The lowest BCUT2D eigenvalue weighted by Gasteiger charge is -2.35. The first-order valence-corrected chi connectivity index (χ1v) is 7.15. The van der Waals surface area contributed by atoms with Crippen LogP contribution in [0.1, 0.15) is 28.7 Å². The van der Waals surface area contributed by atoms with E-state index in [1.165, 1.54) is 0 Å². The predicted molar refractivity (Wildman–Crippen MR) is 77.9 cm³/mol. The Labute approximate surface area is 124 Å². The van der Waals surface area contributed by atoms with Crippen molar-refractivity contribution in [2.24, 2.45) is 0 Å².